The van der Waals surface area contributed by atoms with Crippen LogP contribution in [0.2, 0.25) is 0 Å². The predicted molar refractivity (Wildman–Crippen MR) is 61.9 cm³/mol. The number of halogens is 20. The Balaban J connectivity index is 3.40. The second-order valence-electron chi connectivity index (χ2n) is 7.12. The first-order valence-electron chi connectivity index (χ1n) is 7.68. The summed E-state index contributed by atoms with van der Waals surface area (Å²) in [6.07, 6.45) is -26.7. The van der Waals surface area contributed by atoms with Crippen molar-refractivity contribution in [1.82, 2.24) is 0 Å². The third kappa shape index (κ3) is 2.08. The van der Waals surface area contributed by atoms with Gasteiger partial charge in [-0.2, -0.15) is 35.1 Å². The van der Waals surface area contributed by atoms with Gasteiger partial charge in [0.25, 0.3) is 36.3 Å². The van der Waals surface area contributed by atoms with Crippen molar-refractivity contribution in [2.75, 3.05) is 0 Å². The van der Waals surface area contributed by atoms with E-state index in [1.54, 1.807) is 0 Å². The van der Waals surface area contributed by atoms with E-state index in [4.69, 9.17) is 0 Å². The Morgan fingerprint density at radius 1 is 0.424 bits per heavy atom. The Morgan fingerprint density at radius 3 is 1.00 bits per heavy atom. The van der Waals surface area contributed by atoms with Crippen molar-refractivity contribution in [1.29, 1.82) is 0 Å². The topological polar surface area (TPSA) is 0 Å². The molecule has 0 aliphatic heterocycles. The van der Waals surface area contributed by atoms with E-state index in [1.165, 1.54) is 0 Å². The van der Waals surface area contributed by atoms with Crippen molar-refractivity contribution in [3.63, 3.8) is 0 Å². The third-order valence-electron chi connectivity index (χ3n) is 5.79. The van der Waals surface area contributed by atoms with E-state index in [2.05, 4.69) is 0 Å². The Kier molecular flexibility index (Phi) is 5.42. The van der Waals surface area contributed by atoms with E-state index in [-0.39, 0.29) is 0 Å². The van der Waals surface area contributed by atoms with Crippen LogP contribution in [0.15, 0.2) is 0 Å². The Bertz CT molecular complexity index is 792. The molecule has 2 aliphatic carbocycles. The molecule has 0 aromatic rings. The number of rotatable bonds is 3. The molecular formula is C13H4F20. The van der Waals surface area contributed by atoms with Gasteiger partial charge in [0.15, 0.2) is 0 Å². The van der Waals surface area contributed by atoms with Crippen molar-refractivity contribution in [3.05, 3.63) is 0 Å². The molecule has 2 aliphatic rings. The molecule has 0 radical (unpaired) electrons. The van der Waals surface area contributed by atoms with Crippen LogP contribution < -0.4 is 0 Å². The molecule has 6 atom stereocenters. The molecule has 33 heavy (non-hydrogen) atoms. The molecule has 0 aromatic heterocycles. The molecule has 2 saturated carbocycles. The average molecular weight is 540 g/mol. The van der Waals surface area contributed by atoms with Gasteiger partial charge in [-0.15, -0.1) is 0 Å². The van der Waals surface area contributed by atoms with Crippen molar-refractivity contribution in [2.45, 2.75) is 77.5 Å². The van der Waals surface area contributed by atoms with Crippen molar-refractivity contribution < 1.29 is 87.8 Å². The summed E-state index contributed by atoms with van der Waals surface area (Å²) >= 11 is 0. The van der Waals surface area contributed by atoms with Crippen LogP contribution in [-0.2, 0) is 0 Å². The SMILES string of the molecule is FC(F)C1(F)C(F)(F)C(F)(F)C(F)(C(F)F)C2(F)C(F)(C(F)F)C(F)(F)C(F)(F)C(F)C12F. The van der Waals surface area contributed by atoms with Gasteiger partial charge in [0.2, 0.25) is 17.5 Å². The highest BCUT2D eigenvalue weighted by atomic mass is 19.4. The molecule has 0 spiro atoms. The van der Waals surface area contributed by atoms with E-state index in [0.717, 1.165) is 0 Å². The fourth-order valence-electron chi connectivity index (χ4n) is 4.04. The number of hydrogen-bond acceptors (Lipinski definition) is 0. The van der Waals surface area contributed by atoms with Gasteiger partial charge in [-0.05, 0) is 0 Å². The van der Waals surface area contributed by atoms with Gasteiger partial charge < -0.3 is 0 Å². The monoisotopic (exact) mass is 540 g/mol. The molecule has 196 valence electrons. The first kappa shape index (κ1) is 27.8. The van der Waals surface area contributed by atoms with Gasteiger partial charge in [-0.25, -0.2) is 52.7 Å². The molecular weight excluding hydrogens is 536 g/mol. The van der Waals surface area contributed by atoms with E-state index in [1.807, 2.05) is 0 Å². The van der Waals surface area contributed by atoms with Crippen molar-refractivity contribution in [3.8, 4) is 0 Å². The fourth-order valence-corrected chi connectivity index (χ4v) is 4.04. The molecule has 0 N–H and O–H groups in total. The molecule has 0 heterocycles. The minimum atomic E-state index is -8.56. The van der Waals surface area contributed by atoms with E-state index in [0.29, 0.717) is 0 Å². The zero-order valence-corrected chi connectivity index (χ0v) is 14.4. The highest BCUT2D eigenvalue weighted by molar-refractivity contribution is 5.47. The lowest BCUT2D eigenvalue weighted by Gasteiger charge is -2.67. The first-order valence-corrected chi connectivity index (χ1v) is 7.68. The van der Waals surface area contributed by atoms with Gasteiger partial charge in [-0.3, -0.25) is 0 Å². The van der Waals surface area contributed by atoms with E-state index >= 15 is 8.78 Å². The zero-order chi connectivity index (χ0) is 26.8. The molecule has 2 rings (SSSR count). The van der Waals surface area contributed by atoms with Gasteiger partial charge >= 0.3 is 23.7 Å². The summed E-state index contributed by atoms with van der Waals surface area (Å²) in [6.45, 7) is 0. The summed E-state index contributed by atoms with van der Waals surface area (Å²) < 4.78 is 277. The fraction of sp³-hybridized carbons (Fsp3) is 1.00. The van der Waals surface area contributed by atoms with Gasteiger partial charge in [0.1, 0.15) is 0 Å². The minimum absolute atomic E-state index is 6.55. The van der Waals surface area contributed by atoms with E-state index < -0.39 is 77.5 Å². The van der Waals surface area contributed by atoms with Crippen molar-refractivity contribution in [2.24, 2.45) is 0 Å². The summed E-state index contributed by atoms with van der Waals surface area (Å²) in [5.74, 6) is -32.6. The molecule has 0 aromatic carbocycles. The summed E-state index contributed by atoms with van der Waals surface area (Å²) in [6, 6.07) is 0. The largest absolute Gasteiger partial charge is 0.356 e. The van der Waals surface area contributed by atoms with Crippen LogP contribution in [0.5, 0.6) is 0 Å². The first-order chi connectivity index (χ1) is 14.2. The summed E-state index contributed by atoms with van der Waals surface area (Å²) in [5.41, 5.74) is -41.5. The number of alkyl halides is 20. The smallest absolute Gasteiger partial charge is 0.237 e. The standard InChI is InChI=1S/C13H4F20/c14-1-5(21)6(22,2(15)16)12(30,31)13(32,33)8(24,4(19)20)10(5,27)7(23,3(17)18)11(28,29)9(1,25)26/h1-4H. The van der Waals surface area contributed by atoms with Crippen LogP contribution >= 0.6 is 0 Å². The lowest BCUT2D eigenvalue weighted by molar-refractivity contribution is -0.510. The zero-order valence-electron chi connectivity index (χ0n) is 14.4. The summed E-state index contributed by atoms with van der Waals surface area (Å²) in [4.78, 5) is 0. The maximum absolute atomic E-state index is 15.3. The van der Waals surface area contributed by atoms with Crippen LogP contribution in [0.1, 0.15) is 0 Å². The highest BCUT2D eigenvalue weighted by Crippen LogP contribution is 2.79. The molecule has 0 saturated heterocycles. The highest BCUT2D eigenvalue weighted by Gasteiger charge is 3.11. The average Bonchev–Trinajstić information content (AvgIpc) is 2.66. The molecule has 6 unspecified atom stereocenters. The quantitative estimate of drug-likeness (QED) is 0.373. The van der Waals surface area contributed by atoms with Gasteiger partial charge in [-0.1, -0.05) is 0 Å². The van der Waals surface area contributed by atoms with Crippen LogP contribution in [-0.4, -0.2) is 77.5 Å². The Morgan fingerprint density at radius 2 is 0.697 bits per heavy atom. The van der Waals surface area contributed by atoms with Crippen LogP contribution in [0.3, 0.4) is 0 Å². The van der Waals surface area contributed by atoms with Gasteiger partial charge in [0.05, 0.1) is 0 Å². The summed E-state index contributed by atoms with van der Waals surface area (Å²) in [5, 5.41) is 0. The number of fused-ring (bicyclic) bond motifs is 1. The lowest BCUT2D eigenvalue weighted by atomic mass is 9.45. The van der Waals surface area contributed by atoms with Crippen LogP contribution in [0, 0.1) is 0 Å². The maximum atomic E-state index is 15.3. The Hall–Kier alpha value is -1.40. The molecule has 0 amide bonds. The van der Waals surface area contributed by atoms with Crippen LogP contribution in [0.4, 0.5) is 87.8 Å². The third-order valence-corrected chi connectivity index (χ3v) is 5.79. The lowest BCUT2D eigenvalue weighted by Crippen LogP contribution is -3.00. The van der Waals surface area contributed by atoms with Crippen molar-refractivity contribution >= 4 is 0 Å². The molecule has 0 bridgehead atoms. The number of hydrogen-bond donors (Lipinski definition) is 0. The molecule has 20 heteroatoms. The molecule has 2 fully saturated rings. The minimum Gasteiger partial charge on any atom is -0.237 e. The molecule has 0 nitrogen and oxygen atoms in total. The predicted octanol–water partition coefficient (Wildman–Crippen LogP) is 6.23. The normalized spacial score (nSPS) is 48.3. The second-order valence-corrected chi connectivity index (χ2v) is 7.12. The van der Waals surface area contributed by atoms with E-state index in [9.17, 15) is 79.0 Å². The van der Waals surface area contributed by atoms with Crippen LogP contribution in [0.25, 0.3) is 0 Å². The Labute approximate surface area is 166 Å². The maximum Gasteiger partial charge on any atom is 0.356 e. The summed E-state index contributed by atoms with van der Waals surface area (Å²) in [7, 11) is 0. The second kappa shape index (κ2) is 6.42. The van der Waals surface area contributed by atoms with Gasteiger partial charge in [0, 0.05) is 0 Å².